The van der Waals surface area contributed by atoms with Crippen LogP contribution in [0.4, 0.5) is 4.39 Å². The molecule has 0 radical (unpaired) electrons. The average molecular weight is 293 g/mol. The number of nitriles is 2. The van der Waals surface area contributed by atoms with Crippen LogP contribution in [0.1, 0.15) is 18.4 Å². The predicted octanol–water partition coefficient (Wildman–Crippen LogP) is 1.62. The lowest BCUT2D eigenvalue weighted by atomic mass is 10.0. The standard InChI is InChI=1S/C13H12FN3O2S/c14-13-4-3-12(6-11(13)8-16)20(18,19)17-5-1-2-10(7-15)9-17/h3-4,6,10H,1-2,5,9H2. The Hall–Kier alpha value is -1.96. The minimum atomic E-state index is -3.79. The monoisotopic (exact) mass is 293 g/mol. The van der Waals surface area contributed by atoms with Gasteiger partial charge in [-0.3, -0.25) is 0 Å². The third-order valence-electron chi connectivity index (χ3n) is 3.26. The molecule has 0 amide bonds. The van der Waals surface area contributed by atoms with E-state index in [1.54, 1.807) is 6.07 Å². The van der Waals surface area contributed by atoms with Gasteiger partial charge < -0.3 is 0 Å². The summed E-state index contributed by atoms with van der Waals surface area (Å²) in [5.74, 6) is -1.07. The van der Waals surface area contributed by atoms with Gasteiger partial charge in [0.15, 0.2) is 0 Å². The molecule has 0 bridgehead atoms. The Bertz CT molecular complexity index is 703. The highest BCUT2D eigenvalue weighted by Gasteiger charge is 2.30. The molecule has 0 spiro atoms. The topological polar surface area (TPSA) is 85.0 Å². The van der Waals surface area contributed by atoms with E-state index in [0.29, 0.717) is 19.4 Å². The Morgan fingerprint density at radius 3 is 2.75 bits per heavy atom. The van der Waals surface area contributed by atoms with Gasteiger partial charge in [0.1, 0.15) is 11.9 Å². The molecule has 104 valence electrons. The molecule has 2 rings (SSSR count). The van der Waals surface area contributed by atoms with Gasteiger partial charge in [-0.25, -0.2) is 12.8 Å². The average Bonchev–Trinajstić information content (AvgIpc) is 2.47. The summed E-state index contributed by atoms with van der Waals surface area (Å²) in [4.78, 5) is -0.117. The van der Waals surface area contributed by atoms with E-state index in [4.69, 9.17) is 10.5 Å². The van der Waals surface area contributed by atoms with E-state index in [0.717, 1.165) is 18.2 Å². The van der Waals surface area contributed by atoms with Crippen molar-refractivity contribution in [2.24, 2.45) is 5.92 Å². The molecule has 7 heteroatoms. The maximum absolute atomic E-state index is 13.2. The van der Waals surface area contributed by atoms with E-state index in [1.807, 2.05) is 0 Å². The SMILES string of the molecule is N#Cc1cc(S(=O)(=O)N2CCCC(C#N)C2)ccc1F. The number of sulfonamides is 1. The third kappa shape index (κ3) is 2.64. The second-order valence-corrected chi connectivity index (χ2v) is 6.52. The zero-order valence-corrected chi connectivity index (χ0v) is 11.4. The zero-order valence-electron chi connectivity index (χ0n) is 10.6. The predicted molar refractivity (Wildman–Crippen MR) is 68.2 cm³/mol. The Labute approximate surface area is 116 Å². The van der Waals surface area contributed by atoms with Crippen LogP contribution >= 0.6 is 0 Å². The van der Waals surface area contributed by atoms with Gasteiger partial charge >= 0.3 is 0 Å². The van der Waals surface area contributed by atoms with Gasteiger partial charge in [0.2, 0.25) is 10.0 Å². The third-order valence-corrected chi connectivity index (χ3v) is 5.12. The van der Waals surface area contributed by atoms with E-state index in [1.165, 1.54) is 4.31 Å². The maximum atomic E-state index is 13.2. The van der Waals surface area contributed by atoms with E-state index in [-0.39, 0.29) is 22.9 Å². The number of piperidine rings is 1. The minimum Gasteiger partial charge on any atom is -0.207 e. The molecule has 1 aromatic rings. The fourth-order valence-corrected chi connectivity index (χ4v) is 3.72. The molecule has 1 aromatic carbocycles. The summed E-state index contributed by atoms with van der Waals surface area (Å²) >= 11 is 0. The maximum Gasteiger partial charge on any atom is 0.243 e. The van der Waals surface area contributed by atoms with Crippen LogP contribution in [-0.2, 0) is 10.0 Å². The molecule has 0 N–H and O–H groups in total. The molecule has 1 aliphatic rings. The van der Waals surface area contributed by atoms with E-state index in [9.17, 15) is 12.8 Å². The van der Waals surface area contributed by atoms with Crippen LogP contribution in [0, 0.1) is 34.4 Å². The number of halogens is 1. The summed E-state index contributed by atoms with van der Waals surface area (Å²) < 4.78 is 39.3. The normalized spacial score (nSPS) is 20.1. The Morgan fingerprint density at radius 1 is 1.35 bits per heavy atom. The van der Waals surface area contributed by atoms with Crippen molar-refractivity contribution < 1.29 is 12.8 Å². The van der Waals surface area contributed by atoms with Gasteiger partial charge in [-0.1, -0.05) is 0 Å². The Balaban J connectivity index is 2.36. The van der Waals surface area contributed by atoms with Crippen LogP contribution in [0.5, 0.6) is 0 Å². The first-order valence-electron chi connectivity index (χ1n) is 6.08. The van der Waals surface area contributed by atoms with Crippen LogP contribution in [-0.4, -0.2) is 25.8 Å². The molecule has 1 unspecified atom stereocenters. The first-order valence-corrected chi connectivity index (χ1v) is 7.52. The lowest BCUT2D eigenvalue weighted by Crippen LogP contribution is -2.39. The van der Waals surface area contributed by atoms with E-state index in [2.05, 4.69) is 6.07 Å². The lowest BCUT2D eigenvalue weighted by molar-refractivity contribution is 0.305. The number of rotatable bonds is 2. The van der Waals surface area contributed by atoms with Crippen LogP contribution in [0.2, 0.25) is 0 Å². The molecule has 1 heterocycles. The fourth-order valence-electron chi connectivity index (χ4n) is 2.17. The second kappa shape index (κ2) is 5.58. The van der Waals surface area contributed by atoms with E-state index >= 15 is 0 Å². The minimum absolute atomic E-state index is 0.117. The van der Waals surface area contributed by atoms with Crippen molar-refractivity contribution in [3.05, 3.63) is 29.6 Å². The molecule has 0 aliphatic carbocycles. The molecular weight excluding hydrogens is 281 g/mol. The largest absolute Gasteiger partial charge is 0.243 e. The summed E-state index contributed by atoms with van der Waals surface area (Å²) in [5.41, 5.74) is -0.306. The van der Waals surface area contributed by atoms with Crippen LogP contribution in [0.3, 0.4) is 0 Å². The van der Waals surface area contributed by atoms with Crippen molar-refractivity contribution in [3.63, 3.8) is 0 Å². The van der Waals surface area contributed by atoms with Crippen molar-refractivity contribution in [1.29, 1.82) is 10.5 Å². The highest BCUT2D eigenvalue weighted by molar-refractivity contribution is 7.89. The molecule has 5 nitrogen and oxygen atoms in total. The molecular formula is C13H12FN3O2S. The van der Waals surface area contributed by atoms with E-state index < -0.39 is 15.8 Å². The molecule has 1 saturated heterocycles. The smallest absolute Gasteiger partial charge is 0.207 e. The number of hydrogen-bond donors (Lipinski definition) is 0. The number of benzene rings is 1. The van der Waals surface area contributed by atoms with Gasteiger partial charge in [-0.2, -0.15) is 14.8 Å². The highest BCUT2D eigenvalue weighted by Crippen LogP contribution is 2.24. The van der Waals surface area contributed by atoms with Crippen molar-refractivity contribution in [2.45, 2.75) is 17.7 Å². The fraction of sp³-hybridized carbons (Fsp3) is 0.385. The molecule has 1 fully saturated rings. The summed E-state index contributed by atoms with van der Waals surface area (Å²) in [5, 5.41) is 17.7. The van der Waals surface area contributed by atoms with Crippen molar-refractivity contribution >= 4 is 10.0 Å². The zero-order chi connectivity index (χ0) is 14.8. The molecule has 1 atom stereocenters. The molecule has 0 saturated carbocycles. The van der Waals surface area contributed by atoms with Crippen molar-refractivity contribution in [1.82, 2.24) is 4.31 Å². The summed E-state index contributed by atoms with van der Waals surface area (Å²) in [7, 11) is -3.79. The lowest BCUT2D eigenvalue weighted by Gasteiger charge is -2.28. The van der Waals surface area contributed by atoms with Gasteiger partial charge in [0, 0.05) is 13.1 Å². The van der Waals surface area contributed by atoms with Gasteiger partial charge in [-0.15, -0.1) is 0 Å². The Morgan fingerprint density at radius 2 is 2.10 bits per heavy atom. The molecule has 1 aliphatic heterocycles. The first kappa shape index (κ1) is 14.4. The Kier molecular flexibility index (Phi) is 4.03. The number of nitrogens with zero attached hydrogens (tertiary/aromatic N) is 3. The second-order valence-electron chi connectivity index (χ2n) is 4.58. The molecule has 0 aromatic heterocycles. The van der Waals surface area contributed by atoms with Crippen LogP contribution in [0.15, 0.2) is 23.1 Å². The van der Waals surface area contributed by atoms with Crippen LogP contribution in [0.25, 0.3) is 0 Å². The highest BCUT2D eigenvalue weighted by atomic mass is 32.2. The van der Waals surface area contributed by atoms with Crippen molar-refractivity contribution in [2.75, 3.05) is 13.1 Å². The van der Waals surface area contributed by atoms with Crippen LogP contribution < -0.4 is 0 Å². The quantitative estimate of drug-likeness (QED) is 0.829. The number of hydrogen-bond acceptors (Lipinski definition) is 4. The van der Waals surface area contributed by atoms with Gasteiger partial charge in [-0.05, 0) is 31.0 Å². The summed E-state index contributed by atoms with van der Waals surface area (Å²) in [6, 6.07) is 6.83. The first-order chi connectivity index (χ1) is 9.48. The van der Waals surface area contributed by atoms with Gasteiger partial charge in [0.25, 0.3) is 0 Å². The van der Waals surface area contributed by atoms with Gasteiger partial charge in [0.05, 0.1) is 22.4 Å². The summed E-state index contributed by atoms with van der Waals surface area (Å²) in [6.45, 7) is 0.470. The van der Waals surface area contributed by atoms with Crippen molar-refractivity contribution in [3.8, 4) is 12.1 Å². The summed E-state index contributed by atoms with van der Waals surface area (Å²) in [6.07, 6.45) is 1.29. The molecule has 20 heavy (non-hydrogen) atoms.